The highest BCUT2D eigenvalue weighted by atomic mass is 16.5. The molecule has 0 fully saturated rings. The normalized spacial score (nSPS) is 22.2. The Hall–Kier alpha value is -5.02. The number of allylic oxidation sites excluding steroid dienone is 2. The van der Waals surface area contributed by atoms with Crippen LogP contribution in [0.4, 0.5) is 11.4 Å². The lowest BCUT2D eigenvalue weighted by Crippen LogP contribution is -2.42. The van der Waals surface area contributed by atoms with E-state index in [1.807, 2.05) is 6.07 Å². The molecule has 0 saturated heterocycles. The number of rotatable bonds is 2. The van der Waals surface area contributed by atoms with Crippen LogP contribution in [0.15, 0.2) is 119 Å². The van der Waals surface area contributed by atoms with Crippen LogP contribution in [0.3, 0.4) is 0 Å². The Morgan fingerprint density at radius 2 is 1.33 bits per heavy atom. The van der Waals surface area contributed by atoms with Crippen LogP contribution in [0.1, 0.15) is 62.4 Å². The maximum atomic E-state index is 6.50. The summed E-state index contributed by atoms with van der Waals surface area (Å²) in [6, 6.07) is 35.1. The van der Waals surface area contributed by atoms with E-state index in [0.717, 1.165) is 28.3 Å². The van der Waals surface area contributed by atoms with Crippen LogP contribution in [0.25, 0.3) is 38.6 Å². The zero-order valence-electron chi connectivity index (χ0n) is 26.8. The molecule has 3 heteroatoms. The molecule has 10 rings (SSSR count). The Labute approximate surface area is 269 Å². The summed E-state index contributed by atoms with van der Waals surface area (Å²) in [5.41, 5.74) is 15.7. The Balaban J connectivity index is 1.03. The fourth-order valence-electron chi connectivity index (χ4n) is 9.55. The molecular formula is C43H35NO2. The Kier molecular flexibility index (Phi) is 4.80. The average Bonchev–Trinajstić information content (AvgIpc) is 3.71. The third-order valence-electron chi connectivity index (χ3n) is 11.5. The standard InChI is InChI=1S/C43H35NO2/c1-41(2)32-22-24(14-16-26(32)28-18-20-36-38(39(28)41)30-10-6-8-12-34(30)45-36)44-25-15-17-27-29-19-21-37-43(5,31-11-7-9-13-35(31)46-37)40(29)42(3,4)33(27)23-25/h6-23,37,44H,1-5H3. The first-order valence-electron chi connectivity index (χ1n) is 16.4. The van der Waals surface area contributed by atoms with Gasteiger partial charge in [-0.3, -0.25) is 0 Å². The van der Waals surface area contributed by atoms with Crippen molar-refractivity contribution in [3.63, 3.8) is 0 Å². The number of anilines is 2. The van der Waals surface area contributed by atoms with Crippen LogP contribution in [0, 0.1) is 0 Å². The molecule has 4 aliphatic rings. The molecule has 6 aromatic rings. The van der Waals surface area contributed by atoms with Crippen molar-refractivity contribution >= 4 is 38.9 Å². The van der Waals surface area contributed by atoms with Crippen molar-refractivity contribution in [1.82, 2.24) is 0 Å². The van der Waals surface area contributed by atoms with Gasteiger partial charge in [0.1, 0.15) is 23.0 Å². The van der Waals surface area contributed by atoms with Crippen LogP contribution in [-0.2, 0) is 16.2 Å². The summed E-state index contributed by atoms with van der Waals surface area (Å²) in [7, 11) is 0. The lowest BCUT2D eigenvalue weighted by molar-refractivity contribution is 0.213. The van der Waals surface area contributed by atoms with E-state index in [2.05, 4.69) is 143 Å². The third-order valence-corrected chi connectivity index (χ3v) is 11.5. The fraction of sp³-hybridized carbons (Fsp3) is 0.209. The second-order valence-corrected chi connectivity index (χ2v) is 14.7. The van der Waals surface area contributed by atoms with Crippen molar-refractivity contribution in [3.05, 3.63) is 143 Å². The number of hydrogen-bond acceptors (Lipinski definition) is 3. The number of hydrogen-bond donors (Lipinski definition) is 1. The molecule has 3 nitrogen and oxygen atoms in total. The highest BCUT2D eigenvalue weighted by Gasteiger charge is 2.56. The van der Waals surface area contributed by atoms with Gasteiger partial charge in [-0.2, -0.15) is 0 Å². The average molecular weight is 598 g/mol. The summed E-state index contributed by atoms with van der Waals surface area (Å²) in [5, 5.41) is 6.23. The lowest BCUT2D eigenvalue weighted by Gasteiger charge is -2.40. The topological polar surface area (TPSA) is 34.4 Å². The van der Waals surface area contributed by atoms with Gasteiger partial charge in [0, 0.05) is 38.5 Å². The minimum Gasteiger partial charge on any atom is -0.485 e. The van der Waals surface area contributed by atoms with E-state index in [-0.39, 0.29) is 22.3 Å². The molecule has 0 saturated carbocycles. The highest BCUT2D eigenvalue weighted by Crippen LogP contribution is 2.61. The Bertz CT molecular complexity index is 2400. The number of para-hydroxylation sites is 2. The van der Waals surface area contributed by atoms with Gasteiger partial charge in [0.15, 0.2) is 0 Å². The zero-order valence-corrected chi connectivity index (χ0v) is 26.8. The molecule has 3 aliphatic carbocycles. The van der Waals surface area contributed by atoms with Crippen LogP contribution < -0.4 is 10.1 Å². The molecule has 46 heavy (non-hydrogen) atoms. The molecule has 2 atom stereocenters. The predicted octanol–water partition coefficient (Wildman–Crippen LogP) is 11.0. The molecular weight excluding hydrogens is 562 g/mol. The molecule has 1 N–H and O–H groups in total. The van der Waals surface area contributed by atoms with E-state index in [4.69, 9.17) is 9.15 Å². The minimum absolute atomic E-state index is 0.00926. The van der Waals surface area contributed by atoms with Crippen molar-refractivity contribution in [2.45, 2.75) is 57.0 Å². The lowest BCUT2D eigenvalue weighted by atomic mass is 9.62. The van der Waals surface area contributed by atoms with Crippen LogP contribution >= 0.6 is 0 Å². The number of ether oxygens (including phenoxy) is 1. The van der Waals surface area contributed by atoms with E-state index >= 15 is 0 Å². The molecule has 1 aliphatic heterocycles. The first-order chi connectivity index (χ1) is 22.2. The van der Waals surface area contributed by atoms with Gasteiger partial charge < -0.3 is 14.5 Å². The molecule has 224 valence electrons. The van der Waals surface area contributed by atoms with E-state index in [1.54, 1.807) is 0 Å². The minimum atomic E-state index is -0.205. The monoisotopic (exact) mass is 597 g/mol. The van der Waals surface area contributed by atoms with Gasteiger partial charge in [-0.25, -0.2) is 0 Å². The number of nitrogens with one attached hydrogen (secondary N) is 1. The first-order valence-corrected chi connectivity index (χ1v) is 16.4. The van der Waals surface area contributed by atoms with Crippen molar-refractivity contribution in [3.8, 4) is 16.9 Å². The fourth-order valence-corrected chi connectivity index (χ4v) is 9.55. The number of furan rings is 1. The molecule has 0 amide bonds. The zero-order chi connectivity index (χ0) is 31.2. The Morgan fingerprint density at radius 1 is 0.630 bits per heavy atom. The largest absolute Gasteiger partial charge is 0.485 e. The Morgan fingerprint density at radius 3 is 2.15 bits per heavy atom. The van der Waals surface area contributed by atoms with Gasteiger partial charge in [-0.05, 0) is 100.0 Å². The van der Waals surface area contributed by atoms with Crippen molar-refractivity contribution in [1.29, 1.82) is 0 Å². The van der Waals surface area contributed by atoms with Gasteiger partial charge in [0.2, 0.25) is 0 Å². The summed E-state index contributed by atoms with van der Waals surface area (Å²) >= 11 is 0. The van der Waals surface area contributed by atoms with E-state index in [0.29, 0.717) is 0 Å². The molecule has 0 spiro atoms. The van der Waals surface area contributed by atoms with Gasteiger partial charge in [-0.1, -0.05) is 88.4 Å². The molecule has 2 heterocycles. The molecule has 0 bridgehead atoms. The van der Waals surface area contributed by atoms with Crippen LogP contribution in [0.5, 0.6) is 5.75 Å². The molecule has 0 radical (unpaired) electrons. The summed E-state index contributed by atoms with van der Waals surface area (Å²) in [4.78, 5) is 0. The van der Waals surface area contributed by atoms with Crippen LogP contribution in [-0.4, -0.2) is 6.10 Å². The van der Waals surface area contributed by atoms with Gasteiger partial charge in [-0.15, -0.1) is 0 Å². The molecule has 5 aromatic carbocycles. The third kappa shape index (κ3) is 3.09. The van der Waals surface area contributed by atoms with Crippen molar-refractivity contribution in [2.24, 2.45) is 0 Å². The predicted molar refractivity (Wildman–Crippen MR) is 188 cm³/mol. The van der Waals surface area contributed by atoms with Gasteiger partial charge >= 0.3 is 0 Å². The summed E-state index contributed by atoms with van der Waals surface area (Å²) < 4.78 is 12.8. The number of fused-ring (bicyclic) bond motifs is 13. The molecule has 1 aromatic heterocycles. The molecule has 2 unspecified atom stereocenters. The van der Waals surface area contributed by atoms with Gasteiger partial charge in [0.05, 0.1) is 5.41 Å². The van der Waals surface area contributed by atoms with Crippen LogP contribution in [0.2, 0.25) is 0 Å². The highest BCUT2D eigenvalue weighted by molar-refractivity contribution is 6.11. The van der Waals surface area contributed by atoms with E-state index in [9.17, 15) is 0 Å². The SMILES string of the molecule is CC1(C)C2=C(C=CC3Oc4ccccc4C23C)c2ccc(Nc3ccc4c(c3)C(C)(C)c3c-4ccc4oc5ccccc5c34)cc21. The van der Waals surface area contributed by atoms with Crippen molar-refractivity contribution in [2.75, 3.05) is 5.32 Å². The van der Waals surface area contributed by atoms with E-state index in [1.165, 1.54) is 60.9 Å². The quantitative estimate of drug-likeness (QED) is 0.216. The van der Waals surface area contributed by atoms with Crippen molar-refractivity contribution < 1.29 is 9.15 Å². The first kappa shape index (κ1) is 26.2. The van der Waals surface area contributed by atoms with E-state index < -0.39 is 0 Å². The summed E-state index contributed by atoms with van der Waals surface area (Å²) in [6.07, 6.45) is 4.57. The summed E-state index contributed by atoms with van der Waals surface area (Å²) in [6.45, 7) is 11.8. The second-order valence-electron chi connectivity index (χ2n) is 14.7. The summed E-state index contributed by atoms with van der Waals surface area (Å²) in [5.74, 6) is 1.01. The number of benzene rings is 5. The smallest absolute Gasteiger partial charge is 0.135 e. The maximum absolute atomic E-state index is 6.50. The maximum Gasteiger partial charge on any atom is 0.135 e. The van der Waals surface area contributed by atoms with Gasteiger partial charge in [0.25, 0.3) is 0 Å². The second kappa shape index (κ2) is 8.41.